The Hall–Kier alpha value is -2.09. The number of fused-ring (bicyclic) bond motifs is 1. The molecule has 0 bridgehead atoms. The van der Waals surface area contributed by atoms with E-state index in [2.05, 4.69) is 5.32 Å². The van der Waals surface area contributed by atoms with Crippen molar-refractivity contribution in [3.8, 4) is 0 Å². The number of hydrogen-bond acceptors (Lipinski definition) is 4. The molecule has 0 saturated heterocycles. The van der Waals surface area contributed by atoms with Crippen LogP contribution in [0.25, 0.3) is 0 Å². The molecule has 0 saturated carbocycles. The molecule has 0 spiro atoms. The van der Waals surface area contributed by atoms with Gasteiger partial charge in [-0.3, -0.25) is 4.79 Å². The molecular weight excluding hydrogens is 282 g/mol. The Labute approximate surface area is 119 Å². The average Bonchev–Trinajstić information content (AvgIpc) is 2.84. The summed E-state index contributed by atoms with van der Waals surface area (Å²) in [5.41, 5.74) is 5.72. The largest absolute Gasteiger partial charge is 0.479 e. The summed E-state index contributed by atoms with van der Waals surface area (Å²) in [6.07, 6.45) is 0.606. The number of carbonyl (C=O) groups is 3. The molecule has 20 heavy (non-hydrogen) atoms. The van der Waals surface area contributed by atoms with Gasteiger partial charge in [0.25, 0.3) is 0 Å². The molecule has 2 heterocycles. The van der Waals surface area contributed by atoms with Crippen LogP contribution in [0.2, 0.25) is 0 Å². The van der Waals surface area contributed by atoms with Crippen LogP contribution in [0.1, 0.15) is 23.4 Å². The predicted octanol–water partition coefficient (Wildman–Crippen LogP) is 0.315. The molecule has 108 valence electrons. The Bertz CT molecular complexity index is 557. The van der Waals surface area contributed by atoms with Crippen LogP contribution in [0.4, 0.5) is 4.79 Å². The molecule has 3 amide bonds. The van der Waals surface area contributed by atoms with Gasteiger partial charge in [0.15, 0.2) is 6.04 Å². The van der Waals surface area contributed by atoms with E-state index < -0.39 is 30.0 Å². The van der Waals surface area contributed by atoms with Crippen LogP contribution < -0.4 is 11.1 Å². The zero-order valence-electron chi connectivity index (χ0n) is 10.8. The van der Waals surface area contributed by atoms with Gasteiger partial charge in [0.05, 0.1) is 0 Å². The SMILES string of the molecule is CC(NC(=O)N1CCc2sccc2C1C(=O)O)C(N)=O. The lowest BCUT2D eigenvalue weighted by Crippen LogP contribution is -2.52. The number of carboxylic acid groups (broad SMARTS) is 1. The van der Waals surface area contributed by atoms with Crippen LogP contribution in [-0.4, -0.2) is 40.5 Å². The van der Waals surface area contributed by atoms with Crippen LogP contribution >= 0.6 is 11.3 Å². The Balaban J connectivity index is 2.21. The van der Waals surface area contributed by atoms with Gasteiger partial charge in [-0.15, -0.1) is 11.3 Å². The second-order valence-electron chi connectivity index (χ2n) is 4.56. The molecular formula is C12H15N3O4S. The maximum atomic E-state index is 12.1. The maximum Gasteiger partial charge on any atom is 0.331 e. The van der Waals surface area contributed by atoms with Crippen molar-refractivity contribution in [3.05, 3.63) is 21.9 Å². The van der Waals surface area contributed by atoms with E-state index in [0.29, 0.717) is 18.5 Å². The van der Waals surface area contributed by atoms with Crippen LogP contribution in [0.5, 0.6) is 0 Å². The summed E-state index contributed by atoms with van der Waals surface area (Å²) in [6.45, 7) is 1.75. The number of nitrogens with two attached hydrogens (primary N) is 1. The van der Waals surface area contributed by atoms with Crippen molar-refractivity contribution in [2.45, 2.75) is 25.4 Å². The van der Waals surface area contributed by atoms with Gasteiger partial charge in [-0.1, -0.05) is 0 Å². The standard InChI is InChI=1S/C12H15N3O4S/c1-6(10(13)16)14-12(19)15-4-2-8-7(3-5-20-8)9(15)11(17)18/h3,5-6,9H,2,4H2,1H3,(H2,13,16)(H,14,19)(H,17,18). The van der Waals surface area contributed by atoms with E-state index in [1.165, 1.54) is 23.2 Å². The van der Waals surface area contributed by atoms with E-state index in [-0.39, 0.29) is 0 Å². The van der Waals surface area contributed by atoms with E-state index in [9.17, 15) is 19.5 Å². The first-order valence-corrected chi connectivity index (χ1v) is 6.95. The van der Waals surface area contributed by atoms with Crippen molar-refractivity contribution in [1.29, 1.82) is 0 Å². The van der Waals surface area contributed by atoms with Gasteiger partial charge in [0, 0.05) is 11.4 Å². The van der Waals surface area contributed by atoms with Crippen molar-refractivity contribution < 1.29 is 19.5 Å². The van der Waals surface area contributed by atoms with Crippen LogP contribution in [-0.2, 0) is 16.0 Å². The highest BCUT2D eigenvalue weighted by atomic mass is 32.1. The number of aliphatic carboxylic acids is 1. The fraction of sp³-hybridized carbons (Fsp3) is 0.417. The van der Waals surface area contributed by atoms with E-state index >= 15 is 0 Å². The Kier molecular flexibility index (Phi) is 3.93. The zero-order valence-corrected chi connectivity index (χ0v) is 11.6. The summed E-state index contributed by atoms with van der Waals surface area (Å²) in [4.78, 5) is 36.7. The molecule has 2 rings (SSSR count). The number of nitrogens with zero attached hydrogens (tertiary/aromatic N) is 1. The number of rotatable bonds is 3. The Morgan fingerprint density at radius 3 is 2.85 bits per heavy atom. The molecule has 0 aliphatic carbocycles. The first-order chi connectivity index (χ1) is 9.41. The van der Waals surface area contributed by atoms with E-state index in [1.807, 2.05) is 5.38 Å². The van der Waals surface area contributed by atoms with Crippen LogP contribution in [0.3, 0.4) is 0 Å². The third kappa shape index (κ3) is 2.60. The minimum Gasteiger partial charge on any atom is -0.479 e. The Morgan fingerprint density at radius 1 is 1.55 bits per heavy atom. The van der Waals surface area contributed by atoms with Gasteiger partial charge in [0.1, 0.15) is 6.04 Å². The van der Waals surface area contributed by atoms with Gasteiger partial charge < -0.3 is 21.1 Å². The van der Waals surface area contributed by atoms with Crippen molar-refractivity contribution in [2.75, 3.05) is 6.54 Å². The highest BCUT2D eigenvalue weighted by molar-refractivity contribution is 7.10. The summed E-state index contributed by atoms with van der Waals surface area (Å²) in [5.74, 6) is -1.76. The summed E-state index contributed by atoms with van der Waals surface area (Å²) in [6, 6.07) is -0.748. The lowest BCUT2D eigenvalue weighted by Gasteiger charge is -2.33. The topological polar surface area (TPSA) is 113 Å². The summed E-state index contributed by atoms with van der Waals surface area (Å²) >= 11 is 1.48. The van der Waals surface area contributed by atoms with Crippen LogP contribution in [0.15, 0.2) is 11.4 Å². The van der Waals surface area contributed by atoms with Gasteiger partial charge in [0.2, 0.25) is 5.91 Å². The number of primary amides is 1. The van der Waals surface area contributed by atoms with E-state index in [0.717, 1.165) is 4.88 Å². The molecule has 1 aliphatic rings. The highest BCUT2D eigenvalue weighted by Crippen LogP contribution is 2.33. The highest BCUT2D eigenvalue weighted by Gasteiger charge is 2.37. The summed E-state index contributed by atoms with van der Waals surface area (Å²) < 4.78 is 0. The van der Waals surface area contributed by atoms with Gasteiger partial charge in [-0.05, 0) is 30.4 Å². The fourth-order valence-electron chi connectivity index (χ4n) is 2.14. The van der Waals surface area contributed by atoms with Crippen molar-refractivity contribution in [2.24, 2.45) is 5.73 Å². The lowest BCUT2D eigenvalue weighted by molar-refractivity contribution is -0.142. The van der Waals surface area contributed by atoms with Crippen molar-refractivity contribution in [3.63, 3.8) is 0 Å². The average molecular weight is 297 g/mol. The monoisotopic (exact) mass is 297 g/mol. The van der Waals surface area contributed by atoms with E-state index in [1.54, 1.807) is 6.07 Å². The molecule has 0 fully saturated rings. The van der Waals surface area contributed by atoms with Gasteiger partial charge in [-0.25, -0.2) is 9.59 Å². The number of urea groups is 1. The second-order valence-corrected chi connectivity index (χ2v) is 5.56. The third-order valence-corrected chi connectivity index (χ3v) is 4.22. The molecule has 4 N–H and O–H groups in total. The zero-order chi connectivity index (χ0) is 14.9. The number of carbonyl (C=O) groups excluding carboxylic acids is 2. The lowest BCUT2D eigenvalue weighted by atomic mass is 10.0. The maximum absolute atomic E-state index is 12.1. The molecule has 7 nitrogen and oxygen atoms in total. The molecule has 1 aromatic rings. The minimum atomic E-state index is -1.09. The van der Waals surface area contributed by atoms with E-state index in [4.69, 9.17) is 5.73 Å². The molecule has 0 radical (unpaired) electrons. The number of amides is 3. The van der Waals surface area contributed by atoms with Gasteiger partial charge >= 0.3 is 12.0 Å². The summed E-state index contributed by atoms with van der Waals surface area (Å²) in [7, 11) is 0. The van der Waals surface area contributed by atoms with Crippen molar-refractivity contribution in [1.82, 2.24) is 10.2 Å². The molecule has 1 aliphatic heterocycles. The number of hydrogen-bond donors (Lipinski definition) is 3. The van der Waals surface area contributed by atoms with Gasteiger partial charge in [-0.2, -0.15) is 0 Å². The molecule has 0 aromatic carbocycles. The normalized spacial score (nSPS) is 19.1. The first kappa shape index (κ1) is 14.3. The molecule has 2 unspecified atom stereocenters. The number of thiophene rings is 1. The predicted molar refractivity (Wildman–Crippen MR) is 72.3 cm³/mol. The molecule has 8 heteroatoms. The summed E-state index contributed by atoms with van der Waals surface area (Å²) in [5, 5.41) is 13.6. The Morgan fingerprint density at radius 2 is 2.25 bits per heavy atom. The molecule has 1 aromatic heterocycles. The molecule has 2 atom stereocenters. The van der Waals surface area contributed by atoms with Crippen LogP contribution in [0, 0.1) is 0 Å². The minimum absolute atomic E-state index is 0.293. The quantitative estimate of drug-likeness (QED) is 0.745. The van der Waals surface area contributed by atoms with Crippen molar-refractivity contribution >= 4 is 29.2 Å². The number of nitrogens with one attached hydrogen (secondary N) is 1. The third-order valence-electron chi connectivity index (χ3n) is 3.23. The first-order valence-electron chi connectivity index (χ1n) is 6.07. The fourth-order valence-corrected chi connectivity index (χ4v) is 3.04. The second kappa shape index (κ2) is 5.49. The smallest absolute Gasteiger partial charge is 0.331 e. The number of carboxylic acids is 1.